The van der Waals surface area contributed by atoms with E-state index in [1.54, 1.807) is 0 Å². The Hall–Kier alpha value is -0.800. The zero-order valence-corrected chi connectivity index (χ0v) is 12.5. The average molecular weight is 283 g/mol. The van der Waals surface area contributed by atoms with Crippen LogP contribution in [0.25, 0.3) is 0 Å². The Morgan fingerprint density at radius 3 is 2.84 bits per heavy atom. The molecule has 1 aromatic rings. The second kappa shape index (κ2) is 7.11. The molecular formula is C15H23ClN2O. The van der Waals surface area contributed by atoms with Gasteiger partial charge in [-0.3, -0.25) is 0 Å². The van der Waals surface area contributed by atoms with Gasteiger partial charge in [-0.1, -0.05) is 44.7 Å². The Balaban J connectivity index is 1.80. The van der Waals surface area contributed by atoms with Crippen molar-refractivity contribution in [1.82, 2.24) is 10.3 Å². The standard InChI is InChI=1S/C15H23ClN2O/c1-11(2)17-9-13-8-14(16)15(18-10-13)19-7-6-12-4-3-5-12/h8,10-12,17H,3-7,9H2,1-2H3. The highest BCUT2D eigenvalue weighted by Crippen LogP contribution is 2.30. The molecule has 1 heterocycles. The van der Waals surface area contributed by atoms with Crippen molar-refractivity contribution in [3.05, 3.63) is 22.8 Å². The summed E-state index contributed by atoms with van der Waals surface area (Å²) in [5.41, 5.74) is 1.09. The van der Waals surface area contributed by atoms with Crippen LogP contribution in [-0.2, 0) is 6.54 Å². The van der Waals surface area contributed by atoms with Crippen molar-refractivity contribution < 1.29 is 4.74 Å². The molecule has 0 atom stereocenters. The van der Waals surface area contributed by atoms with E-state index in [1.165, 1.54) is 19.3 Å². The van der Waals surface area contributed by atoms with Gasteiger partial charge in [0.25, 0.3) is 0 Å². The predicted octanol–water partition coefficient (Wildman–Crippen LogP) is 3.80. The SMILES string of the molecule is CC(C)NCc1cnc(OCCC2CCC2)c(Cl)c1. The summed E-state index contributed by atoms with van der Waals surface area (Å²) in [5.74, 6) is 1.42. The van der Waals surface area contributed by atoms with Crippen molar-refractivity contribution >= 4 is 11.6 Å². The number of ether oxygens (including phenoxy) is 1. The maximum atomic E-state index is 6.19. The normalized spacial score (nSPS) is 15.6. The zero-order chi connectivity index (χ0) is 13.7. The lowest BCUT2D eigenvalue weighted by Gasteiger charge is -2.24. The quantitative estimate of drug-likeness (QED) is 0.826. The summed E-state index contributed by atoms with van der Waals surface area (Å²) in [6.07, 6.45) is 7.03. The topological polar surface area (TPSA) is 34.2 Å². The molecule has 0 bridgehead atoms. The zero-order valence-electron chi connectivity index (χ0n) is 11.8. The summed E-state index contributed by atoms with van der Waals surface area (Å²) in [5, 5.41) is 3.95. The van der Waals surface area contributed by atoms with Crippen molar-refractivity contribution in [3.8, 4) is 5.88 Å². The van der Waals surface area contributed by atoms with Crippen LogP contribution in [0.4, 0.5) is 0 Å². The lowest BCUT2D eigenvalue weighted by molar-refractivity contribution is 0.217. The van der Waals surface area contributed by atoms with Crippen LogP contribution in [0.15, 0.2) is 12.3 Å². The summed E-state index contributed by atoms with van der Waals surface area (Å²) < 4.78 is 5.66. The number of pyridine rings is 1. The molecule has 1 fully saturated rings. The molecule has 0 aromatic carbocycles. The Morgan fingerprint density at radius 1 is 1.47 bits per heavy atom. The molecule has 106 valence electrons. The molecule has 0 aliphatic heterocycles. The van der Waals surface area contributed by atoms with Crippen molar-refractivity contribution in [3.63, 3.8) is 0 Å². The number of hydrogen-bond donors (Lipinski definition) is 1. The third-order valence-electron chi connectivity index (χ3n) is 3.57. The molecule has 4 heteroatoms. The van der Waals surface area contributed by atoms with Crippen molar-refractivity contribution in [2.24, 2.45) is 5.92 Å². The van der Waals surface area contributed by atoms with Gasteiger partial charge in [-0.05, 0) is 24.0 Å². The maximum absolute atomic E-state index is 6.19. The first kappa shape index (κ1) is 14.6. The highest BCUT2D eigenvalue weighted by atomic mass is 35.5. The molecule has 0 unspecified atom stereocenters. The number of nitrogens with one attached hydrogen (secondary N) is 1. The van der Waals surface area contributed by atoms with E-state index in [1.807, 2.05) is 12.3 Å². The number of nitrogens with zero attached hydrogens (tertiary/aromatic N) is 1. The van der Waals surface area contributed by atoms with Crippen molar-refractivity contribution in [2.75, 3.05) is 6.61 Å². The van der Waals surface area contributed by atoms with Gasteiger partial charge in [0, 0.05) is 18.8 Å². The van der Waals surface area contributed by atoms with Crippen LogP contribution < -0.4 is 10.1 Å². The van der Waals surface area contributed by atoms with E-state index in [2.05, 4.69) is 24.1 Å². The number of rotatable bonds is 7. The number of aromatic nitrogens is 1. The average Bonchev–Trinajstić information content (AvgIpc) is 2.31. The predicted molar refractivity (Wildman–Crippen MR) is 78.7 cm³/mol. The molecule has 1 aliphatic rings. The van der Waals surface area contributed by atoms with Crippen LogP contribution in [0, 0.1) is 5.92 Å². The summed E-state index contributed by atoms with van der Waals surface area (Å²) in [6, 6.07) is 2.39. The summed E-state index contributed by atoms with van der Waals surface area (Å²) in [7, 11) is 0. The molecule has 0 spiro atoms. The van der Waals surface area contributed by atoms with E-state index < -0.39 is 0 Å². The molecule has 3 nitrogen and oxygen atoms in total. The van der Waals surface area contributed by atoms with Gasteiger partial charge in [0.05, 0.1) is 6.61 Å². The van der Waals surface area contributed by atoms with Crippen LogP contribution in [0.2, 0.25) is 5.02 Å². The molecule has 1 saturated carbocycles. The molecule has 0 saturated heterocycles. The fraction of sp³-hybridized carbons (Fsp3) is 0.667. The van der Waals surface area contributed by atoms with Gasteiger partial charge >= 0.3 is 0 Å². The monoisotopic (exact) mass is 282 g/mol. The van der Waals surface area contributed by atoms with E-state index in [0.717, 1.165) is 31.1 Å². The van der Waals surface area contributed by atoms with Crippen LogP contribution in [-0.4, -0.2) is 17.6 Å². The van der Waals surface area contributed by atoms with Gasteiger partial charge in [0.1, 0.15) is 5.02 Å². The third-order valence-corrected chi connectivity index (χ3v) is 3.84. The first-order valence-electron chi connectivity index (χ1n) is 7.15. The molecule has 1 aromatic heterocycles. The van der Waals surface area contributed by atoms with Crippen molar-refractivity contribution in [1.29, 1.82) is 0 Å². The molecule has 19 heavy (non-hydrogen) atoms. The van der Waals surface area contributed by atoms with Gasteiger partial charge < -0.3 is 10.1 Å². The molecule has 1 aliphatic carbocycles. The summed E-state index contributed by atoms with van der Waals surface area (Å²) in [4.78, 5) is 4.30. The lowest BCUT2D eigenvalue weighted by atomic mass is 9.83. The van der Waals surface area contributed by atoms with Crippen LogP contribution in [0.3, 0.4) is 0 Å². The maximum Gasteiger partial charge on any atom is 0.232 e. The van der Waals surface area contributed by atoms with Crippen LogP contribution in [0.5, 0.6) is 5.88 Å². The molecule has 1 N–H and O–H groups in total. The van der Waals surface area contributed by atoms with Gasteiger partial charge in [-0.25, -0.2) is 4.98 Å². The Labute approximate surface area is 120 Å². The lowest BCUT2D eigenvalue weighted by Crippen LogP contribution is -2.21. The van der Waals surface area contributed by atoms with Gasteiger partial charge in [-0.15, -0.1) is 0 Å². The smallest absolute Gasteiger partial charge is 0.232 e. The first-order valence-corrected chi connectivity index (χ1v) is 7.53. The molecule has 0 amide bonds. The van der Waals surface area contributed by atoms with E-state index in [0.29, 0.717) is 16.9 Å². The largest absolute Gasteiger partial charge is 0.477 e. The highest BCUT2D eigenvalue weighted by molar-refractivity contribution is 6.31. The second-order valence-corrected chi connectivity index (χ2v) is 6.01. The minimum absolute atomic E-state index is 0.456. The van der Waals surface area contributed by atoms with E-state index in [4.69, 9.17) is 16.3 Å². The van der Waals surface area contributed by atoms with Crippen molar-refractivity contribution in [2.45, 2.75) is 52.1 Å². The van der Waals surface area contributed by atoms with Gasteiger partial charge in [-0.2, -0.15) is 0 Å². The molecular weight excluding hydrogens is 260 g/mol. The summed E-state index contributed by atoms with van der Waals surface area (Å²) >= 11 is 6.19. The highest BCUT2D eigenvalue weighted by Gasteiger charge is 2.17. The fourth-order valence-electron chi connectivity index (χ4n) is 2.09. The van der Waals surface area contributed by atoms with Crippen LogP contribution in [0.1, 0.15) is 45.1 Å². The Morgan fingerprint density at radius 2 is 2.26 bits per heavy atom. The fourth-order valence-corrected chi connectivity index (χ4v) is 2.34. The Kier molecular flexibility index (Phi) is 5.46. The number of halogens is 1. The minimum atomic E-state index is 0.456. The second-order valence-electron chi connectivity index (χ2n) is 5.60. The molecule has 2 rings (SSSR count). The van der Waals surface area contributed by atoms with Gasteiger partial charge in [0.15, 0.2) is 0 Å². The Bertz CT molecular complexity index is 405. The third kappa shape index (κ3) is 4.66. The van der Waals surface area contributed by atoms with E-state index in [-0.39, 0.29) is 0 Å². The van der Waals surface area contributed by atoms with E-state index in [9.17, 15) is 0 Å². The first-order chi connectivity index (χ1) is 9.15. The van der Waals surface area contributed by atoms with E-state index >= 15 is 0 Å². The summed E-state index contributed by atoms with van der Waals surface area (Å²) in [6.45, 7) is 5.74. The number of hydrogen-bond acceptors (Lipinski definition) is 3. The minimum Gasteiger partial charge on any atom is -0.477 e. The van der Waals surface area contributed by atoms with Gasteiger partial charge in [0.2, 0.25) is 5.88 Å². The molecule has 0 radical (unpaired) electrons. The van der Waals surface area contributed by atoms with Crippen LogP contribution >= 0.6 is 11.6 Å².